The molecule has 0 atom stereocenters. The third-order valence-corrected chi connectivity index (χ3v) is 2.57. The van der Waals surface area contributed by atoms with Gasteiger partial charge in [0.25, 0.3) is 0 Å². The molecule has 0 N–H and O–H groups in total. The molecule has 1 radical (unpaired) electrons. The number of hydrogen-bond acceptors (Lipinski definition) is 3. The average molecular weight is 184 g/mol. The summed E-state index contributed by atoms with van der Waals surface area (Å²) in [5.41, 5.74) is 0. The highest BCUT2D eigenvalue weighted by Gasteiger charge is 2.17. The van der Waals surface area contributed by atoms with Gasteiger partial charge in [-0.15, -0.1) is 0 Å². The normalized spacial score (nSPS) is 20.2. The van der Waals surface area contributed by atoms with E-state index in [1.807, 2.05) is 0 Å². The van der Waals surface area contributed by atoms with Crippen LogP contribution in [0.25, 0.3) is 0 Å². The molecule has 0 spiro atoms. The van der Waals surface area contributed by atoms with Crippen LogP contribution in [0.1, 0.15) is 26.2 Å². The van der Waals surface area contributed by atoms with Crippen molar-refractivity contribution in [3.05, 3.63) is 6.92 Å². The Morgan fingerprint density at radius 1 is 1.54 bits per heavy atom. The van der Waals surface area contributed by atoms with Crippen molar-refractivity contribution in [1.82, 2.24) is 4.90 Å². The molecule has 0 aromatic rings. The Morgan fingerprint density at radius 3 is 2.62 bits per heavy atom. The fourth-order valence-corrected chi connectivity index (χ4v) is 1.59. The second kappa shape index (κ2) is 5.22. The highest BCUT2D eigenvalue weighted by molar-refractivity contribution is 5.65. The molecule has 1 heterocycles. The molecule has 0 bridgehead atoms. The smallest absolute Gasteiger partial charge is 0.303 e. The second-order valence-corrected chi connectivity index (χ2v) is 3.62. The molecule has 3 heteroatoms. The molecule has 0 aliphatic carbocycles. The zero-order valence-electron chi connectivity index (χ0n) is 8.29. The molecular formula is C10H18NO2. The number of carbonyl (C=O) groups is 1. The average Bonchev–Trinajstić information content (AvgIpc) is 2.15. The van der Waals surface area contributed by atoms with E-state index in [2.05, 4.69) is 11.8 Å². The van der Waals surface area contributed by atoms with E-state index in [0.29, 0.717) is 6.73 Å². The number of ether oxygens (including phenoxy) is 1. The van der Waals surface area contributed by atoms with E-state index in [9.17, 15) is 4.79 Å². The number of carbonyl (C=O) groups excluding carboxylic acids is 1. The number of rotatable bonds is 3. The standard InChI is InChI=1S/C10H18NO2/c1-3-10-4-6-11(7-5-10)8-13-9(2)12/h10H,1,3-8H2,2H3. The molecule has 1 fully saturated rings. The Morgan fingerprint density at radius 2 is 2.15 bits per heavy atom. The Balaban J connectivity index is 2.14. The van der Waals surface area contributed by atoms with Crippen LogP contribution < -0.4 is 0 Å². The molecule has 1 saturated heterocycles. The van der Waals surface area contributed by atoms with Gasteiger partial charge < -0.3 is 4.74 Å². The van der Waals surface area contributed by atoms with E-state index >= 15 is 0 Å². The molecule has 3 nitrogen and oxygen atoms in total. The van der Waals surface area contributed by atoms with Crippen LogP contribution in [-0.4, -0.2) is 30.7 Å². The van der Waals surface area contributed by atoms with E-state index in [4.69, 9.17) is 4.74 Å². The third kappa shape index (κ3) is 3.77. The summed E-state index contributed by atoms with van der Waals surface area (Å²) in [5.74, 6) is 0.577. The third-order valence-electron chi connectivity index (χ3n) is 2.57. The second-order valence-electron chi connectivity index (χ2n) is 3.62. The van der Waals surface area contributed by atoms with Gasteiger partial charge in [0, 0.05) is 20.0 Å². The van der Waals surface area contributed by atoms with Crippen LogP contribution in [-0.2, 0) is 9.53 Å². The first-order valence-electron chi connectivity index (χ1n) is 4.87. The number of hydrogen-bond donors (Lipinski definition) is 0. The predicted octanol–water partition coefficient (Wildman–Crippen LogP) is 1.44. The van der Waals surface area contributed by atoms with Crippen molar-refractivity contribution in [2.24, 2.45) is 5.92 Å². The van der Waals surface area contributed by atoms with E-state index in [1.165, 1.54) is 19.8 Å². The quantitative estimate of drug-likeness (QED) is 0.622. The molecule has 0 saturated carbocycles. The van der Waals surface area contributed by atoms with Crippen LogP contribution in [0.15, 0.2) is 0 Å². The molecule has 1 rings (SSSR count). The van der Waals surface area contributed by atoms with Crippen LogP contribution in [0.5, 0.6) is 0 Å². The van der Waals surface area contributed by atoms with E-state index in [-0.39, 0.29) is 5.97 Å². The van der Waals surface area contributed by atoms with Crippen LogP contribution in [0.4, 0.5) is 0 Å². The van der Waals surface area contributed by atoms with Gasteiger partial charge in [0.15, 0.2) is 0 Å². The van der Waals surface area contributed by atoms with Crippen LogP contribution >= 0.6 is 0 Å². The van der Waals surface area contributed by atoms with Crippen molar-refractivity contribution in [1.29, 1.82) is 0 Å². The van der Waals surface area contributed by atoms with E-state index in [1.54, 1.807) is 0 Å². The molecule has 75 valence electrons. The first-order valence-corrected chi connectivity index (χ1v) is 4.87. The van der Waals surface area contributed by atoms with Gasteiger partial charge in [-0.3, -0.25) is 9.69 Å². The molecule has 1 aliphatic rings. The van der Waals surface area contributed by atoms with Gasteiger partial charge in [-0.2, -0.15) is 0 Å². The maximum absolute atomic E-state index is 10.5. The topological polar surface area (TPSA) is 29.5 Å². The van der Waals surface area contributed by atoms with Gasteiger partial charge in [-0.05, 0) is 18.8 Å². The first kappa shape index (κ1) is 10.5. The van der Waals surface area contributed by atoms with Crippen molar-refractivity contribution in [2.75, 3.05) is 19.8 Å². The number of piperidine rings is 1. The van der Waals surface area contributed by atoms with Gasteiger partial charge >= 0.3 is 5.97 Å². The van der Waals surface area contributed by atoms with Gasteiger partial charge in [-0.25, -0.2) is 0 Å². The van der Waals surface area contributed by atoms with Crippen molar-refractivity contribution < 1.29 is 9.53 Å². The summed E-state index contributed by atoms with van der Waals surface area (Å²) in [5, 5.41) is 0. The SMILES string of the molecule is [CH2]CC1CCN(COC(C)=O)CC1. The fourth-order valence-electron chi connectivity index (χ4n) is 1.59. The van der Waals surface area contributed by atoms with Crippen LogP contribution in [0, 0.1) is 12.8 Å². The van der Waals surface area contributed by atoms with E-state index in [0.717, 1.165) is 25.4 Å². The van der Waals surface area contributed by atoms with Crippen molar-refractivity contribution >= 4 is 5.97 Å². The monoisotopic (exact) mass is 184 g/mol. The number of esters is 1. The Hall–Kier alpha value is -0.570. The van der Waals surface area contributed by atoms with Crippen molar-refractivity contribution in [3.63, 3.8) is 0 Å². The first-order chi connectivity index (χ1) is 6.22. The number of likely N-dealkylation sites (tertiary alicyclic amines) is 1. The van der Waals surface area contributed by atoms with Crippen molar-refractivity contribution in [3.8, 4) is 0 Å². The minimum atomic E-state index is -0.195. The molecular weight excluding hydrogens is 166 g/mol. The van der Waals surface area contributed by atoms with Gasteiger partial charge in [0.2, 0.25) is 0 Å². The maximum Gasteiger partial charge on any atom is 0.303 e. The summed E-state index contributed by atoms with van der Waals surface area (Å²) >= 11 is 0. The zero-order chi connectivity index (χ0) is 9.68. The van der Waals surface area contributed by atoms with Crippen LogP contribution in [0.2, 0.25) is 0 Å². The Kier molecular flexibility index (Phi) is 4.22. The maximum atomic E-state index is 10.5. The summed E-state index contributed by atoms with van der Waals surface area (Å²) < 4.78 is 4.92. The fraction of sp³-hybridized carbons (Fsp3) is 0.800. The minimum Gasteiger partial charge on any atom is -0.450 e. The highest BCUT2D eigenvalue weighted by atomic mass is 16.5. The number of nitrogens with zero attached hydrogens (tertiary/aromatic N) is 1. The summed E-state index contributed by atoms with van der Waals surface area (Å²) in [6, 6.07) is 0. The molecule has 0 aromatic carbocycles. The molecule has 0 unspecified atom stereocenters. The summed E-state index contributed by atoms with van der Waals surface area (Å²) in [6.07, 6.45) is 3.40. The lowest BCUT2D eigenvalue weighted by molar-refractivity contribution is -0.146. The Bertz CT molecular complexity index is 162. The Labute approximate surface area is 80.1 Å². The van der Waals surface area contributed by atoms with E-state index < -0.39 is 0 Å². The predicted molar refractivity (Wildman–Crippen MR) is 50.9 cm³/mol. The molecule has 0 amide bonds. The lowest BCUT2D eigenvalue weighted by Crippen LogP contribution is -2.35. The van der Waals surface area contributed by atoms with Gasteiger partial charge in [-0.1, -0.05) is 13.3 Å². The molecule has 0 aromatic heterocycles. The molecule has 13 heavy (non-hydrogen) atoms. The zero-order valence-corrected chi connectivity index (χ0v) is 8.29. The summed E-state index contributed by atoms with van der Waals surface area (Å²) in [7, 11) is 0. The minimum absolute atomic E-state index is 0.195. The summed E-state index contributed by atoms with van der Waals surface area (Å²) in [4.78, 5) is 12.7. The molecule has 1 aliphatic heterocycles. The van der Waals surface area contributed by atoms with Crippen molar-refractivity contribution in [2.45, 2.75) is 26.2 Å². The van der Waals surface area contributed by atoms with Gasteiger partial charge in [0.1, 0.15) is 6.73 Å². The summed E-state index contributed by atoms with van der Waals surface area (Å²) in [6.45, 7) is 7.88. The lowest BCUT2D eigenvalue weighted by Gasteiger charge is -2.30. The highest BCUT2D eigenvalue weighted by Crippen LogP contribution is 2.19. The van der Waals surface area contributed by atoms with Gasteiger partial charge in [0.05, 0.1) is 0 Å². The largest absolute Gasteiger partial charge is 0.450 e. The van der Waals surface area contributed by atoms with Crippen LogP contribution in [0.3, 0.4) is 0 Å². The lowest BCUT2D eigenvalue weighted by atomic mass is 9.95.